The summed E-state index contributed by atoms with van der Waals surface area (Å²) in [5, 5.41) is 22.5. The molecule has 0 radical (unpaired) electrons. The average Bonchev–Trinajstić information content (AvgIpc) is 3.06. The Morgan fingerprint density at radius 1 is 1.23 bits per heavy atom. The number of rotatable bonds is 6. The summed E-state index contributed by atoms with van der Waals surface area (Å²) in [6.07, 6.45) is 1.79. The Morgan fingerprint density at radius 3 is 2.69 bits per heavy atom. The predicted molar refractivity (Wildman–Crippen MR) is 94.4 cm³/mol. The fourth-order valence-corrected chi connectivity index (χ4v) is 3.27. The second-order valence-corrected chi connectivity index (χ2v) is 7.38. The number of benzene rings is 1. The Hall–Kier alpha value is -3.05. The highest BCUT2D eigenvalue weighted by molar-refractivity contribution is 7.89. The second-order valence-electron chi connectivity index (χ2n) is 5.50. The molecule has 0 aliphatic carbocycles. The van der Waals surface area contributed by atoms with Crippen molar-refractivity contribution in [2.24, 2.45) is 0 Å². The molecular weight excluding hydrogens is 360 g/mol. The third kappa shape index (κ3) is 3.21. The van der Waals surface area contributed by atoms with E-state index in [-0.39, 0.29) is 16.3 Å². The Kier molecular flexibility index (Phi) is 4.57. The van der Waals surface area contributed by atoms with Crippen LogP contribution in [0.4, 0.5) is 11.4 Å². The van der Waals surface area contributed by atoms with Crippen LogP contribution in [0, 0.1) is 10.1 Å². The summed E-state index contributed by atoms with van der Waals surface area (Å²) in [6, 6.07) is 8.73. The molecule has 2 aromatic heterocycles. The van der Waals surface area contributed by atoms with Crippen LogP contribution < -0.4 is 10.0 Å². The molecule has 26 heavy (non-hydrogen) atoms. The molecule has 0 fully saturated rings. The maximum atomic E-state index is 11.9. The van der Waals surface area contributed by atoms with Crippen molar-refractivity contribution in [2.75, 3.05) is 12.4 Å². The van der Waals surface area contributed by atoms with Crippen molar-refractivity contribution in [1.29, 1.82) is 0 Å². The molecule has 136 valence electrons. The molecule has 1 unspecified atom stereocenters. The van der Waals surface area contributed by atoms with Gasteiger partial charge in [0.05, 0.1) is 15.9 Å². The van der Waals surface area contributed by atoms with Crippen molar-refractivity contribution in [3.63, 3.8) is 0 Å². The summed E-state index contributed by atoms with van der Waals surface area (Å²) in [4.78, 5) is 10.6. The predicted octanol–water partition coefficient (Wildman–Crippen LogP) is 1.72. The first-order valence-electron chi connectivity index (χ1n) is 7.61. The van der Waals surface area contributed by atoms with Gasteiger partial charge in [0.2, 0.25) is 10.0 Å². The molecule has 10 nitrogen and oxygen atoms in total. The molecule has 1 atom stereocenters. The summed E-state index contributed by atoms with van der Waals surface area (Å²) in [7, 11) is -2.54. The minimum absolute atomic E-state index is 0.183. The van der Waals surface area contributed by atoms with Gasteiger partial charge in [-0.15, -0.1) is 10.2 Å². The van der Waals surface area contributed by atoms with Crippen LogP contribution in [0.15, 0.2) is 47.5 Å². The third-order valence-corrected chi connectivity index (χ3v) is 5.26. The van der Waals surface area contributed by atoms with E-state index < -0.39 is 21.0 Å². The number of hydrogen-bond donors (Lipinski definition) is 2. The van der Waals surface area contributed by atoms with Gasteiger partial charge >= 0.3 is 0 Å². The number of aromatic nitrogens is 3. The number of pyridine rings is 1. The van der Waals surface area contributed by atoms with Gasteiger partial charge in [-0.3, -0.25) is 14.5 Å². The summed E-state index contributed by atoms with van der Waals surface area (Å²) in [5.74, 6) is 0.571. The van der Waals surface area contributed by atoms with E-state index in [1.165, 1.54) is 19.2 Å². The standard InChI is InChI=1S/C15H16N6O4S/c1-10(15-19-18-14-5-3-4-8-20(14)15)17-12-7-6-11(26(24,25)16-2)9-13(12)21(22)23/h3-10,16-17H,1-2H3. The lowest BCUT2D eigenvalue weighted by Crippen LogP contribution is -2.19. The van der Waals surface area contributed by atoms with Gasteiger partial charge in [-0.25, -0.2) is 13.1 Å². The monoisotopic (exact) mass is 376 g/mol. The molecular formula is C15H16N6O4S. The van der Waals surface area contributed by atoms with Crippen molar-refractivity contribution in [1.82, 2.24) is 19.3 Å². The minimum Gasteiger partial charge on any atom is -0.370 e. The number of fused-ring (bicyclic) bond motifs is 1. The van der Waals surface area contributed by atoms with Crippen LogP contribution in [-0.4, -0.2) is 35.0 Å². The van der Waals surface area contributed by atoms with E-state index in [1.807, 2.05) is 12.1 Å². The van der Waals surface area contributed by atoms with Crippen LogP contribution in [0.2, 0.25) is 0 Å². The van der Waals surface area contributed by atoms with Gasteiger partial charge in [-0.1, -0.05) is 6.07 Å². The summed E-state index contributed by atoms with van der Waals surface area (Å²) >= 11 is 0. The molecule has 3 rings (SSSR count). The molecule has 0 aliphatic heterocycles. The van der Waals surface area contributed by atoms with Gasteiger partial charge in [0.15, 0.2) is 11.5 Å². The van der Waals surface area contributed by atoms with E-state index in [9.17, 15) is 18.5 Å². The van der Waals surface area contributed by atoms with E-state index in [4.69, 9.17) is 0 Å². The van der Waals surface area contributed by atoms with Gasteiger partial charge in [0.1, 0.15) is 5.69 Å². The van der Waals surface area contributed by atoms with Gasteiger partial charge in [0.25, 0.3) is 5.69 Å². The van der Waals surface area contributed by atoms with Gasteiger partial charge < -0.3 is 5.32 Å². The van der Waals surface area contributed by atoms with E-state index in [2.05, 4.69) is 20.2 Å². The quantitative estimate of drug-likeness (QED) is 0.494. The van der Waals surface area contributed by atoms with Gasteiger partial charge in [-0.2, -0.15) is 0 Å². The molecule has 0 saturated carbocycles. The molecule has 1 aromatic carbocycles. The van der Waals surface area contributed by atoms with Crippen LogP contribution in [0.1, 0.15) is 18.8 Å². The SMILES string of the molecule is CNS(=O)(=O)c1ccc(NC(C)c2nnc3ccccn23)c([N+](=O)[O-])c1. The Balaban J connectivity index is 1.97. The van der Waals surface area contributed by atoms with Crippen molar-refractivity contribution in [3.05, 3.63) is 58.5 Å². The van der Waals surface area contributed by atoms with Crippen LogP contribution in [0.25, 0.3) is 5.65 Å². The van der Waals surface area contributed by atoms with Crippen LogP contribution in [0.5, 0.6) is 0 Å². The Bertz CT molecular complexity index is 1080. The fraction of sp³-hybridized carbons (Fsp3) is 0.200. The first-order chi connectivity index (χ1) is 12.3. The van der Waals surface area contributed by atoms with Crippen molar-refractivity contribution in [2.45, 2.75) is 17.9 Å². The Morgan fingerprint density at radius 2 is 2.00 bits per heavy atom. The zero-order valence-corrected chi connectivity index (χ0v) is 14.8. The topological polar surface area (TPSA) is 132 Å². The van der Waals surface area contributed by atoms with E-state index in [0.29, 0.717) is 11.5 Å². The van der Waals surface area contributed by atoms with Gasteiger partial charge in [0, 0.05) is 12.3 Å². The van der Waals surface area contributed by atoms with E-state index in [1.54, 1.807) is 23.6 Å². The summed E-state index contributed by atoms with van der Waals surface area (Å²) in [5.41, 5.74) is 0.494. The number of hydrogen-bond acceptors (Lipinski definition) is 7. The molecule has 0 bridgehead atoms. The molecule has 11 heteroatoms. The van der Waals surface area contributed by atoms with Crippen molar-refractivity contribution in [3.8, 4) is 0 Å². The zero-order chi connectivity index (χ0) is 18.9. The largest absolute Gasteiger partial charge is 0.370 e. The molecule has 0 aliphatic rings. The van der Waals surface area contributed by atoms with Crippen LogP contribution in [-0.2, 0) is 10.0 Å². The zero-order valence-electron chi connectivity index (χ0n) is 13.9. The highest BCUT2D eigenvalue weighted by Crippen LogP contribution is 2.30. The maximum Gasteiger partial charge on any atom is 0.293 e. The number of anilines is 1. The first-order valence-corrected chi connectivity index (χ1v) is 9.10. The minimum atomic E-state index is -3.78. The molecule has 0 spiro atoms. The fourth-order valence-electron chi connectivity index (χ4n) is 2.52. The Labute approximate surface area is 149 Å². The molecule has 3 aromatic rings. The second kappa shape index (κ2) is 6.69. The molecule has 0 saturated heterocycles. The number of nitro groups is 1. The average molecular weight is 376 g/mol. The maximum absolute atomic E-state index is 11.9. The van der Waals surface area contributed by atoms with Crippen LogP contribution in [0.3, 0.4) is 0 Å². The normalized spacial score (nSPS) is 12.8. The third-order valence-electron chi connectivity index (χ3n) is 3.84. The number of nitrogens with one attached hydrogen (secondary N) is 2. The smallest absolute Gasteiger partial charge is 0.293 e. The van der Waals surface area contributed by atoms with E-state index in [0.717, 1.165) is 6.07 Å². The number of nitrogens with zero attached hydrogens (tertiary/aromatic N) is 4. The number of nitro benzene ring substituents is 1. The van der Waals surface area contributed by atoms with Crippen molar-refractivity contribution >= 4 is 27.0 Å². The summed E-state index contributed by atoms with van der Waals surface area (Å²) in [6.45, 7) is 1.78. The first kappa shape index (κ1) is 17.8. The lowest BCUT2D eigenvalue weighted by atomic mass is 10.2. The molecule has 0 amide bonds. The van der Waals surface area contributed by atoms with Crippen molar-refractivity contribution < 1.29 is 13.3 Å². The highest BCUT2D eigenvalue weighted by atomic mass is 32.2. The molecule has 2 N–H and O–H groups in total. The van der Waals surface area contributed by atoms with Crippen LogP contribution >= 0.6 is 0 Å². The van der Waals surface area contributed by atoms with Gasteiger partial charge in [-0.05, 0) is 38.2 Å². The highest BCUT2D eigenvalue weighted by Gasteiger charge is 2.22. The molecule has 2 heterocycles. The van der Waals surface area contributed by atoms with E-state index >= 15 is 0 Å². The summed E-state index contributed by atoms with van der Waals surface area (Å²) < 4.78 is 27.6. The number of sulfonamides is 1. The lowest BCUT2D eigenvalue weighted by Gasteiger charge is -2.14. The lowest BCUT2D eigenvalue weighted by molar-refractivity contribution is -0.384.